The van der Waals surface area contributed by atoms with Crippen LogP contribution in [0.25, 0.3) is 0 Å². The predicted molar refractivity (Wildman–Crippen MR) is 29.5 cm³/mol. The number of carbonyl (C=O) groups is 1. The zero-order valence-electron chi connectivity index (χ0n) is 4.82. The number of aldehydes is 1. The first-order chi connectivity index (χ1) is 4.43. The minimum Gasteiger partial charge on any atom is -0.311 e. The largest absolute Gasteiger partial charge is 0.311 e. The number of carbonyl (C=O) groups excluding carboxylic acids is 1. The van der Waals surface area contributed by atoms with Crippen LogP contribution in [0.1, 0.15) is 6.42 Å². The minimum absolute atomic E-state index is 0.495. The monoisotopic (exact) mass is 124 g/mol. The van der Waals surface area contributed by atoms with E-state index in [1.54, 1.807) is 4.57 Å². The highest BCUT2D eigenvalue weighted by Gasteiger charge is 1.87. The van der Waals surface area contributed by atoms with E-state index in [-0.39, 0.29) is 0 Å². The Bertz CT molecular complexity index is 170. The van der Waals surface area contributed by atoms with Crippen LogP contribution < -0.4 is 0 Å². The standard InChI is InChI=1S/C5H6N3O/c9-3-1-2-8-4-6-7-5-8/h3-4H,1-2H2. The van der Waals surface area contributed by atoms with Crippen molar-refractivity contribution in [2.75, 3.05) is 0 Å². The van der Waals surface area contributed by atoms with Crippen LogP contribution in [0.15, 0.2) is 6.33 Å². The first-order valence-electron chi connectivity index (χ1n) is 2.62. The third-order valence-corrected chi connectivity index (χ3v) is 0.910. The highest BCUT2D eigenvalue weighted by Crippen LogP contribution is 1.82. The van der Waals surface area contributed by atoms with Crippen molar-refractivity contribution in [3.63, 3.8) is 0 Å². The summed E-state index contributed by atoms with van der Waals surface area (Å²) in [5.41, 5.74) is 0. The van der Waals surface area contributed by atoms with E-state index in [1.807, 2.05) is 0 Å². The van der Waals surface area contributed by atoms with Crippen molar-refractivity contribution in [2.45, 2.75) is 13.0 Å². The van der Waals surface area contributed by atoms with Gasteiger partial charge in [-0.2, -0.15) is 0 Å². The quantitative estimate of drug-likeness (QED) is 0.518. The first kappa shape index (κ1) is 5.94. The second kappa shape index (κ2) is 2.96. The van der Waals surface area contributed by atoms with E-state index < -0.39 is 0 Å². The molecule has 47 valence electrons. The van der Waals surface area contributed by atoms with Crippen molar-refractivity contribution >= 4 is 6.29 Å². The predicted octanol–water partition coefficient (Wildman–Crippen LogP) is -0.333. The van der Waals surface area contributed by atoms with Crippen LogP contribution in [-0.4, -0.2) is 21.1 Å². The van der Waals surface area contributed by atoms with E-state index in [0.29, 0.717) is 13.0 Å². The summed E-state index contributed by atoms with van der Waals surface area (Å²) in [6.07, 6.45) is 5.45. The van der Waals surface area contributed by atoms with E-state index in [4.69, 9.17) is 0 Å². The van der Waals surface area contributed by atoms with Crippen LogP contribution in [-0.2, 0) is 11.3 Å². The van der Waals surface area contributed by atoms with E-state index in [1.165, 1.54) is 6.33 Å². The maximum Gasteiger partial charge on any atom is 0.201 e. The molecule has 0 N–H and O–H groups in total. The van der Waals surface area contributed by atoms with Gasteiger partial charge in [0, 0.05) is 13.0 Å². The van der Waals surface area contributed by atoms with Crippen molar-refractivity contribution in [1.82, 2.24) is 14.8 Å². The van der Waals surface area contributed by atoms with Crippen LogP contribution in [0, 0.1) is 6.33 Å². The lowest BCUT2D eigenvalue weighted by molar-refractivity contribution is -0.108. The second-order valence-corrected chi connectivity index (χ2v) is 1.58. The van der Waals surface area contributed by atoms with E-state index >= 15 is 0 Å². The molecule has 4 heteroatoms. The number of nitrogens with zero attached hydrogens (tertiary/aromatic N) is 3. The van der Waals surface area contributed by atoms with Gasteiger partial charge < -0.3 is 9.36 Å². The van der Waals surface area contributed by atoms with Gasteiger partial charge in [-0.1, -0.05) is 0 Å². The summed E-state index contributed by atoms with van der Waals surface area (Å²) >= 11 is 0. The molecule has 0 atom stereocenters. The number of hydrogen-bond acceptors (Lipinski definition) is 3. The van der Waals surface area contributed by atoms with Gasteiger partial charge in [-0.05, 0) is 0 Å². The molecule has 0 aliphatic carbocycles. The smallest absolute Gasteiger partial charge is 0.201 e. The second-order valence-electron chi connectivity index (χ2n) is 1.58. The summed E-state index contributed by atoms with van der Waals surface area (Å²) in [5, 5.41) is 6.96. The van der Waals surface area contributed by atoms with Crippen LogP contribution in [0.3, 0.4) is 0 Å². The summed E-state index contributed by atoms with van der Waals surface area (Å²) < 4.78 is 1.63. The van der Waals surface area contributed by atoms with Gasteiger partial charge in [-0.15, -0.1) is 10.2 Å². The molecule has 1 radical (unpaired) electrons. The molecule has 1 aromatic rings. The van der Waals surface area contributed by atoms with Crippen LogP contribution >= 0.6 is 0 Å². The molecule has 9 heavy (non-hydrogen) atoms. The molecule has 0 bridgehead atoms. The molecule has 1 aromatic heterocycles. The van der Waals surface area contributed by atoms with Crippen LogP contribution in [0.5, 0.6) is 0 Å². The van der Waals surface area contributed by atoms with E-state index in [9.17, 15) is 4.79 Å². The highest BCUT2D eigenvalue weighted by atomic mass is 16.1. The van der Waals surface area contributed by atoms with E-state index in [0.717, 1.165) is 6.29 Å². The molecule has 0 unspecified atom stereocenters. The minimum atomic E-state index is 0.495. The Labute approximate surface area is 52.5 Å². The fourth-order valence-electron chi connectivity index (χ4n) is 0.497. The topological polar surface area (TPSA) is 47.8 Å². The average molecular weight is 124 g/mol. The Morgan fingerprint density at radius 1 is 1.78 bits per heavy atom. The lowest BCUT2D eigenvalue weighted by Crippen LogP contribution is -1.94. The number of rotatable bonds is 3. The van der Waals surface area contributed by atoms with Crippen LogP contribution in [0.2, 0.25) is 0 Å². The van der Waals surface area contributed by atoms with Crippen LogP contribution in [0.4, 0.5) is 0 Å². The van der Waals surface area contributed by atoms with Crippen molar-refractivity contribution in [2.24, 2.45) is 0 Å². The third kappa shape index (κ3) is 1.64. The van der Waals surface area contributed by atoms with Gasteiger partial charge >= 0.3 is 0 Å². The molecule has 0 aliphatic rings. The molecule has 0 amide bonds. The normalized spacial score (nSPS) is 9.33. The zero-order chi connectivity index (χ0) is 6.53. The Hall–Kier alpha value is -1.19. The molecule has 4 nitrogen and oxygen atoms in total. The highest BCUT2D eigenvalue weighted by molar-refractivity contribution is 5.48. The fraction of sp³-hybridized carbons (Fsp3) is 0.400. The van der Waals surface area contributed by atoms with Gasteiger partial charge in [0.05, 0.1) is 0 Å². The molecule has 0 fully saturated rings. The maximum atomic E-state index is 9.83. The van der Waals surface area contributed by atoms with Gasteiger partial charge in [-0.25, -0.2) is 0 Å². The lowest BCUT2D eigenvalue weighted by atomic mass is 10.5. The van der Waals surface area contributed by atoms with Gasteiger partial charge in [0.25, 0.3) is 0 Å². The molecular formula is C5H6N3O. The van der Waals surface area contributed by atoms with Gasteiger partial charge in [0.15, 0.2) is 0 Å². The molecular weight excluding hydrogens is 118 g/mol. The van der Waals surface area contributed by atoms with Crippen molar-refractivity contribution in [3.8, 4) is 0 Å². The van der Waals surface area contributed by atoms with Crippen molar-refractivity contribution in [1.29, 1.82) is 0 Å². The van der Waals surface area contributed by atoms with E-state index in [2.05, 4.69) is 16.5 Å². The van der Waals surface area contributed by atoms with Crippen molar-refractivity contribution in [3.05, 3.63) is 12.7 Å². The Balaban J connectivity index is 2.38. The Kier molecular flexibility index (Phi) is 1.95. The average Bonchev–Trinajstić information content (AvgIpc) is 2.34. The summed E-state index contributed by atoms with van der Waals surface area (Å²) in [6.45, 7) is 0.622. The summed E-state index contributed by atoms with van der Waals surface area (Å²) in [6, 6.07) is 0. The van der Waals surface area contributed by atoms with Crippen molar-refractivity contribution < 1.29 is 4.79 Å². The summed E-state index contributed by atoms with van der Waals surface area (Å²) in [4.78, 5) is 9.83. The fourth-order valence-corrected chi connectivity index (χ4v) is 0.497. The Morgan fingerprint density at radius 2 is 2.67 bits per heavy atom. The third-order valence-electron chi connectivity index (χ3n) is 0.910. The number of aryl methyl sites for hydroxylation is 1. The zero-order valence-corrected chi connectivity index (χ0v) is 4.82. The lowest BCUT2D eigenvalue weighted by Gasteiger charge is -1.90. The molecule has 0 spiro atoms. The molecule has 1 rings (SSSR count). The Morgan fingerprint density at radius 3 is 3.22 bits per heavy atom. The molecule has 0 saturated carbocycles. The SMILES string of the molecule is O=CCCn1[c]nnc1. The van der Waals surface area contributed by atoms with Gasteiger partial charge in [0.2, 0.25) is 6.33 Å². The maximum absolute atomic E-state index is 9.83. The molecule has 0 saturated heterocycles. The summed E-state index contributed by atoms with van der Waals surface area (Å²) in [5.74, 6) is 0. The molecule has 1 heterocycles. The molecule has 0 aliphatic heterocycles. The van der Waals surface area contributed by atoms with Gasteiger partial charge in [0.1, 0.15) is 12.6 Å². The van der Waals surface area contributed by atoms with Gasteiger partial charge in [-0.3, -0.25) is 0 Å². The number of aromatic nitrogens is 3. The number of hydrogen-bond donors (Lipinski definition) is 0. The first-order valence-corrected chi connectivity index (χ1v) is 2.62. The summed E-state index contributed by atoms with van der Waals surface area (Å²) in [7, 11) is 0. The molecule has 0 aromatic carbocycles.